The second kappa shape index (κ2) is 9.88. The number of nitrogens with one attached hydrogen (secondary N) is 2. The molecule has 0 bridgehead atoms. The van der Waals surface area contributed by atoms with Gasteiger partial charge in [-0.15, -0.1) is 0 Å². The lowest BCUT2D eigenvalue weighted by Gasteiger charge is -2.32. The molecule has 1 aliphatic carbocycles. The van der Waals surface area contributed by atoms with Crippen molar-refractivity contribution < 1.29 is 9.53 Å². The number of anilines is 1. The lowest BCUT2D eigenvalue weighted by atomic mass is 9.89. The molecule has 0 aromatic heterocycles. The van der Waals surface area contributed by atoms with Crippen LogP contribution >= 0.6 is 12.2 Å². The molecule has 0 radical (unpaired) electrons. The Morgan fingerprint density at radius 1 is 1.14 bits per heavy atom. The van der Waals surface area contributed by atoms with Gasteiger partial charge in [-0.05, 0) is 75.0 Å². The Balaban J connectivity index is 1.66. The largest absolute Gasteiger partial charge is 0.462 e. The number of ether oxygens (including phenoxy) is 1. The molecule has 0 amide bonds. The van der Waals surface area contributed by atoms with Crippen molar-refractivity contribution >= 4 is 29.0 Å². The Morgan fingerprint density at radius 2 is 1.86 bits per heavy atom. The van der Waals surface area contributed by atoms with E-state index < -0.39 is 0 Å². The zero-order valence-corrected chi connectivity index (χ0v) is 18.1. The molecular formula is C24H30N2O2S. The standard InChI is InChI=1S/C24H30N2O2S/c1-3-28-22(27)20-12-11-18(2)21(17-20)25-23(29)26-24(14-7-8-15-24)16-13-19-9-5-4-6-10-19/h4-6,9-12,17H,3,7-8,13-16H2,1-2H3,(H2,25,26,29). The highest BCUT2D eigenvalue weighted by Gasteiger charge is 2.34. The molecule has 0 saturated heterocycles. The second-order valence-corrected chi connectivity index (χ2v) is 8.21. The van der Waals surface area contributed by atoms with E-state index in [0.717, 1.165) is 36.9 Å². The summed E-state index contributed by atoms with van der Waals surface area (Å²) in [6.45, 7) is 4.17. The first-order valence-electron chi connectivity index (χ1n) is 10.4. The summed E-state index contributed by atoms with van der Waals surface area (Å²) in [5.41, 5.74) is 3.79. The van der Waals surface area contributed by atoms with Crippen molar-refractivity contribution in [3.63, 3.8) is 0 Å². The molecule has 2 aromatic rings. The molecule has 2 aromatic carbocycles. The van der Waals surface area contributed by atoms with Crippen molar-refractivity contribution in [2.24, 2.45) is 0 Å². The maximum atomic E-state index is 12.0. The first-order valence-corrected chi connectivity index (χ1v) is 10.8. The number of esters is 1. The second-order valence-electron chi connectivity index (χ2n) is 7.80. The summed E-state index contributed by atoms with van der Waals surface area (Å²) in [4.78, 5) is 12.0. The number of benzene rings is 2. The molecular weight excluding hydrogens is 380 g/mol. The Hall–Kier alpha value is -2.40. The average molecular weight is 411 g/mol. The van der Waals surface area contributed by atoms with Gasteiger partial charge in [-0.3, -0.25) is 0 Å². The fraction of sp³-hybridized carbons (Fsp3) is 0.417. The Labute approximate surface area is 179 Å². The molecule has 3 rings (SSSR count). The van der Waals surface area contributed by atoms with Crippen LogP contribution in [0.15, 0.2) is 48.5 Å². The maximum Gasteiger partial charge on any atom is 0.338 e. The van der Waals surface area contributed by atoms with E-state index in [0.29, 0.717) is 17.3 Å². The van der Waals surface area contributed by atoms with Gasteiger partial charge in [0.25, 0.3) is 0 Å². The van der Waals surface area contributed by atoms with E-state index in [1.54, 1.807) is 13.0 Å². The molecule has 1 fully saturated rings. The number of aryl methyl sites for hydroxylation is 2. The van der Waals surface area contributed by atoms with E-state index in [1.165, 1.54) is 18.4 Å². The zero-order chi connectivity index (χ0) is 20.7. The van der Waals surface area contributed by atoms with E-state index in [9.17, 15) is 4.79 Å². The molecule has 4 nitrogen and oxygen atoms in total. The van der Waals surface area contributed by atoms with Gasteiger partial charge < -0.3 is 15.4 Å². The molecule has 0 heterocycles. The normalized spacial score (nSPS) is 15.0. The summed E-state index contributed by atoms with van der Waals surface area (Å²) in [7, 11) is 0. The minimum atomic E-state index is -0.315. The predicted octanol–water partition coefficient (Wildman–Crippen LogP) is 5.40. The first-order chi connectivity index (χ1) is 14.0. The SMILES string of the molecule is CCOC(=O)c1ccc(C)c(NC(=S)NC2(CCc3ccccc3)CCCC2)c1. The summed E-state index contributed by atoms with van der Waals surface area (Å²) < 4.78 is 5.11. The maximum absolute atomic E-state index is 12.0. The van der Waals surface area contributed by atoms with Crippen molar-refractivity contribution in [3.8, 4) is 0 Å². The number of carbonyl (C=O) groups is 1. The minimum Gasteiger partial charge on any atom is -0.462 e. The minimum absolute atomic E-state index is 0.0343. The third-order valence-electron chi connectivity index (χ3n) is 5.67. The van der Waals surface area contributed by atoms with Gasteiger partial charge in [0.2, 0.25) is 0 Å². The number of hydrogen-bond acceptors (Lipinski definition) is 3. The van der Waals surface area contributed by atoms with Crippen LogP contribution in [0.4, 0.5) is 5.69 Å². The number of rotatable bonds is 7. The Bertz CT molecular complexity index is 845. The van der Waals surface area contributed by atoms with E-state index in [1.807, 2.05) is 19.1 Å². The fourth-order valence-electron chi connectivity index (χ4n) is 4.01. The molecule has 5 heteroatoms. The van der Waals surface area contributed by atoms with Crippen molar-refractivity contribution in [1.82, 2.24) is 5.32 Å². The zero-order valence-electron chi connectivity index (χ0n) is 17.3. The third-order valence-corrected chi connectivity index (χ3v) is 5.88. The van der Waals surface area contributed by atoms with Gasteiger partial charge >= 0.3 is 5.97 Å². The van der Waals surface area contributed by atoms with E-state index in [-0.39, 0.29) is 11.5 Å². The Morgan fingerprint density at radius 3 is 2.55 bits per heavy atom. The molecule has 154 valence electrons. The third kappa shape index (κ3) is 5.80. The van der Waals surface area contributed by atoms with Crippen molar-refractivity contribution in [3.05, 3.63) is 65.2 Å². The molecule has 0 aliphatic heterocycles. The van der Waals surface area contributed by atoms with Gasteiger partial charge in [0.05, 0.1) is 12.2 Å². The van der Waals surface area contributed by atoms with Crippen LogP contribution in [-0.2, 0) is 11.2 Å². The fourth-order valence-corrected chi connectivity index (χ4v) is 4.34. The smallest absolute Gasteiger partial charge is 0.338 e. The van der Waals surface area contributed by atoms with Crippen LogP contribution in [0.3, 0.4) is 0 Å². The van der Waals surface area contributed by atoms with Gasteiger partial charge in [0, 0.05) is 11.2 Å². The van der Waals surface area contributed by atoms with Crippen molar-refractivity contribution in [2.45, 2.75) is 57.9 Å². The van der Waals surface area contributed by atoms with E-state index in [2.05, 4.69) is 41.0 Å². The summed E-state index contributed by atoms with van der Waals surface area (Å²) >= 11 is 5.66. The molecule has 0 atom stereocenters. The van der Waals surface area contributed by atoms with Crippen LogP contribution in [0.1, 0.15) is 60.5 Å². The number of hydrogen-bond donors (Lipinski definition) is 2. The monoisotopic (exact) mass is 410 g/mol. The molecule has 1 saturated carbocycles. The van der Waals surface area contributed by atoms with Gasteiger partial charge in [0.15, 0.2) is 5.11 Å². The first kappa shape index (κ1) is 21.3. The molecule has 2 N–H and O–H groups in total. The topological polar surface area (TPSA) is 50.4 Å². The van der Waals surface area contributed by atoms with Gasteiger partial charge in [0.1, 0.15) is 0 Å². The van der Waals surface area contributed by atoms with Crippen LogP contribution in [-0.4, -0.2) is 23.2 Å². The van der Waals surface area contributed by atoms with Crippen molar-refractivity contribution in [2.75, 3.05) is 11.9 Å². The highest BCUT2D eigenvalue weighted by Crippen LogP contribution is 2.34. The van der Waals surface area contributed by atoms with Crippen LogP contribution in [0.25, 0.3) is 0 Å². The highest BCUT2D eigenvalue weighted by molar-refractivity contribution is 7.80. The summed E-state index contributed by atoms with van der Waals surface area (Å²) in [6, 6.07) is 16.1. The molecule has 0 unspecified atom stereocenters. The van der Waals surface area contributed by atoms with Crippen LogP contribution < -0.4 is 10.6 Å². The highest BCUT2D eigenvalue weighted by atomic mass is 32.1. The van der Waals surface area contributed by atoms with Crippen molar-refractivity contribution in [1.29, 1.82) is 0 Å². The lowest BCUT2D eigenvalue weighted by molar-refractivity contribution is 0.0526. The quantitative estimate of drug-likeness (QED) is 0.472. The summed E-state index contributed by atoms with van der Waals surface area (Å²) in [5, 5.41) is 7.54. The summed E-state index contributed by atoms with van der Waals surface area (Å²) in [5.74, 6) is -0.315. The lowest BCUT2D eigenvalue weighted by Crippen LogP contribution is -2.48. The molecule has 0 spiro atoms. The van der Waals surface area contributed by atoms with Crippen LogP contribution in [0, 0.1) is 6.92 Å². The van der Waals surface area contributed by atoms with Gasteiger partial charge in [-0.2, -0.15) is 0 Å². The van der Waals surface area contributed by atoms with E-state index in [4.69, 9.17) is 17.0 Å². The summed E-state index contributed by atoms with van der Waals surface area (Å²) in [6.07, 6.45) is 6.80. The Kier molecular flexibility index (Phi) is 7.26. The van der Waals surface area contributed by atoms with Crippen LogP contribution in [0.5, 0.6) is 0 Å². The van der Waals surface area contributed by atoms with Crippen LogP contribution in [0.2, 0.25) is 0 Å². The van der Waals surface area contributed by atoms with Gasteiger partial charge in [-0.1, -0.05) is 49.2 Å². The van der Waals surface area contributed by atoms with Gasteiger partial charge in [-0.25, -0.2) is 4.79 Å². The number of thiocarbonyl (C=S) groups is 1. The molecule has 29 heavy (non-hydrogen) atoms. The number of carbonyl (C=O) groups excluding carboxylic acids is 1. The molecule has 1 aliphatic rings. The average Bonchev–Trinajstić information content (AvgIpc) is 3.17. The predicted molar refractivity (Wildman–Crippen MR) is 122 cm³/mol. The van der Waals surface area contributed by atoms with E-state index >= 15 is 0 Å².